The van der Waals surface area contributed by atoms with Gasteiger partial charge >= 0.3 is 0 Å². The fourth-order valence-corrected chi connectivity index (χ4v) is 3.29. The van der Waals surface area contributed by atoms with Crippen molar-refractivity contribution in [3.05, 3.63) is 12.2 Å². The summed E-state index contributed by atoms with van der Waals surface area (Å²) >= 11 is 0. The molecule has 0 aromatic heterocycles. The van der Waals surface area contributed by atoms with Crippen molar-refractivity contribution in [1.82, 2.24) is 0 Å². The first kappa shape index (κ1) is 22.7. The van der Waals surface area contributed by atoms with E-state index in [1.807, 2.05) is 0 Å². The van der Waals surface area contributed by atoms with Crippen LogP contribution in [-0.2, 0) is 0 Å². The highest BCUT2D eigenvalue weighted by Crippen LogP contribution is 2.51. The maximum absolute atomic E-state index is 2.54. The molecule has 0 rings (SSSR count). The third-order valence-corrected chi connectivity index (χ3v) is 6.79. The van der Waals surface area contributed by atoms with E-state index in [2.05, 4.69) is 81.4 Å². The predicted octanol–water partition coefficient (Wildman–Crippen LogP) is 8.42. The molecule has 0 saturated carbocycles. The molecular weight excluding hydrogens is 276 g/mol. The molecular formula is C23H46. The lowest BCUT2D eigenvalue weighted by Crippen LogP contribution is -2.37. The van der Waals surface area contributed by atoms with E-state index < -0.39 is 0 Å². The van der Waals surface area contributed by atoms with Gasteiger partial charge in [-0.1, -0.05) is 94.2 Å². The van der Waals surface area contributed by atoms with Gasteiger partial charge in [-0.15, -0.1) is 0 Å². The van der Waals surface area contributed by atoms with Crippen LogP contribution in [0.2, 0.25) is 0 Å². The normalized spacial score (nSPS) is 18.9. The van der Waals surface area contributed by atoms with Gasteiger partial charge in [0.2, 0.25) is 0 Å². The Morgan fingerprint density at radius 3 is 1.43 bits per heavy atom. The molecule has 0 amide bonds. The zero-order valence-corrected chi connectivity index (χ0v) is 18.1. The Balaban J connectivity index is 5.02. The van der Waals surface area contributed by atoms with E-state index in [1.165, 1.54) is 44.9 Å². The van der Waals surface area contributed by atoms with Crippen LogP contribution in [0.15, 0.2) is 12.2 Å². The van der Waals surface area contributed by atoms with Crippen molar-refractivity contribution in [2.75, 3.05) is 0 Å². The Kier molecular flexibility index (Phi) is 8.63. The highest BCUT2D eigenvalue weighted by Gasteiger charge is 2.41. The summed E-state index contributed by atoms with van der Waals surface area (Å²) in [6.45, 7) is 24.0. The Labute approximate surface area is 148 Å². The molecule has 0 aromatic rings. The number of hydrogen-bond acceptors (Lipinski definition) is 0. The van der Waals surface area contributed by atoms with Gasteiger partial charge in [0.25, 0.3) is 0 Å². The summed E-state index contributed by atoms with van der Waals surface area (Å²) < 4.78 is 0. The van der Waals surface area contributed by atoms with Crippen molar-refractivity contribution < 1.29 is 0 Å². The Morgan fingerprint density at radius 2 is 1.04 bits per heavy atom. The second kappa shape index (κ2) is 8.72. The fourth-order valence-electron chi connectivity index (χ4n) is 3.29. The third-order valence-electron chi connectivity index (χ3n) is 6.79. The van der Waals surface area contributed by atoms with E-state index in [4.69, 9.17) is 0 Å². The summed E-state index contributed by atoms with van der Waals surface area (Å²) in [5, 5.41) is 0. The molecule has 138 valence electrons. The second-order valence-electron chi connectivity index (χ2n) is 10.3. The SMILES string of the molecule is CCC(C)(C)CCC(C)(CC)C(C)(CC)CC=CCC(C)(C)C. The summed E-state index contributed by atoms with van der Waals surface area (Å²) in [5.41, 5.74) is 1.71. The number of hydrogen-bond donors (Lipinski definition) is 0. The van der Waals surface area contributed by atoms with Crippen LogP contribution in [0.1, 0.15) is 114 Å². The van der Waals surface area contributed by atoms with Gasteiger partial charge in [-0.05, 0) is 53.8 Å². The molecule has 0 heterocycles. The van der Waals surface area contributed by atoms with Crippen LogP contribution in [0.3, 0.4) is 0 Å². The van der Waals surface area contributed by atoms with Crippen LogP contribution in [0, 0.1) is 21.7 Å². The average Bonchev–Trinajstić information content (AvgIpc) is 2.48. The molecule has 0 radical (unpaired) electrons. The summed E-state index contributed by atoms with van der Waals surface area (Å²) in [7, 11) is 0. The summed E-state index contributed by atoms with van der Waals surface area (Å²) in [4.78, 5) is 0. The first-order chi connectivity index (χ1) is 10.3. The minimum absolute atomic E-state index is 0.401. The average molecular weight is 323 g/mol. The molecule has 2 atom stereocenters. The Bertz CT molecular complexity index is 355. The number of rotatable bonds is 10. The zero-order chi connectivity index (χ0) is 18.4. The van der Waals surface area contributed by atoms with Gasteiger partial charge in [0.05, 0.1) is 0 Å². The van der Waals surface area contributed by atoms with Crippen LogP contribution in [0.4, 0.5) is 0 Å². The van der Waals surface area contributed by atoms with Crippen LogP contribution in [0.5, 0.6) is 0 Å². The van der Waals surface area contributed by atoms with Crippen LogP contribution in [-0.4, -0.2) is 0 Å². The highest BCUT2D eigenvalue weighted by atomic mass is 14.5. The molecule has 0 aliphatic rings. The lowest BCUT2D eigenvalue weighted by molar-refractivity contribution is 0.0378. The first-order valence-electron chi connectivity index (χ1n) is 10.00. The van der Waals surface area contributed by atoms with E-state index >= 15 is 0 Å². The largest absolute Gasteiger partial charge is 0.0880 e. The van der Waals surface area contributed by atoms with Crippen molar-refractivity contribution in [2.24, 2.45) is 21.7 Å². The van der Waals surface area contributed by atoms with Crippen LogP contribution in [0.25, 0.3) is 0 Å². The molecule has 0 aliphatic carbocycles. The molecule has 0 N–H and O–H groups in total. The van der Waals surface area contributed by atoms with Crippen LogP contribution < -0.4 is 0 Å². The lowest BCUT2D eigenvalue weighted by Gasteiger charge is -2.47. The minimum atomic E-state index is 0.401. The predicted molar refractivity (Wildman–Crippen MR) is 108 cm³/mol. The monoisotopic (exact) mass is 322 g/mol. The van der Waals surface area contributed by atoms with Gasteiger partial charge in [0.1, 0.15) is 0 Å². The quantitative estimate of drug-likeness (QED) is 0.354. The lowest BCUT2D eigenvalue weighted by atomic mass is 9.58. The maximum Gasteiger partial charge on any atom is -0.0240 e. The molecule has 0 nitrogen and oxygen atoms in total. The molecule has 0 bridgehead atoms. The van der Waals surface area contributed by atoms with E-state index in [0.29, 0.717) is 21.7 Å². The number of allylic oxidation sites excluding steroid dienone is 2. The van der Waals surface area contributed by atoms with Crippen molar-refractivity contribution in [1.29, 1.82) is 0 Å². The Morgan fingerprint density at radius 1 is 0.565 bits per heavy atom. The fraction of sp³-hybridized carbons (Fsp3) is 0.913. The van der Waals surface area contributed by atoms with E-state index in [-0.39, 0.29) is 0 Å². The van der Waals surface area contributed by atoms with Crippen molar-refractivity contribution in [3.8, 4) is 0 Å². The first-order valence-corrected chi connectivity index (χ1v) is 10.00. The summed E-state index contributed by atoms with van der Waals surface area (Å²) in [5.74, 6) is 0. The van der Waals surface area contributed by atoms with Gasteiger partial charge in [-0.25, -0.2) is 0 Å². The summed E-state index contributed by atoms with van der Waals surface area (Å²) in [6, 6.07) is 0. The van der Waals surface area contributed by atoms with E-state index in [9.17, 15) is 0 Å². The molecule has 0 heteroatoms. The van der Waals surface area contributed by atoms with Crippen molar-refractivity contribution >= 4 is 0 Å². The molecule has 0 aromatic carbocycles. The topological polar surface area (TPSA) is 0 Å². The van der Waals surface area contributed by atoms with E-state index in [1.54, 1.807) is 0 Å². The molecule has 0 fully saturated rings. The Hall–Kier alpha value is -0.260. The van der Waals surface area contributed by atoms with Gasteiger partial charge in [0.15, 0.2) is 0 Å². The maximum atomic E-state index is 2.54. The van der Waals surface area contributed by atoms with Crippen molar-refractivity contribution in [3.63, 3.8) is 0 Å². The van der Waals surface area contributed by atoms with Crippen LogP contribution >= 0.6 is 0 Å². The van der Waals surface area contributed by atoms with Gasteiger partial charge in [-0.3, -0.25) is 0 Å². The third kappa shape index (κ3) is 7.44. The van der Waals surface area contributed by atoms with Gasteiger partial charge in [-0.2, -0.15) is 0 Å². The second-order valence-corrected chi connectivity index (χ2v) is 10.3. The van der Waals surface area contributed by atoms with E-state index in [0.717, 1.165) is 0 Å². The molecule has 0 aliphatic heterocycles. The minimum Gasteiger partial charge on any atom is -0.0880 e. The highest BCUT2D eigenvalue weighted by molar-refractivity contribution is 4.98. The smallest absolute Gasteiger partial charge is 0.0240 e. The zero-order valence-electron chi connectivity index (χ0n) is 18.1. The summed E-state index contributed by atoms with van der Waals surface area (Å²) in [6.07, 6.45) is 13.8. The molecule has 2 unspecified atom stereocenters. The standard InChI is InChI=1S/C23H46/c1-11-21(7,8)18-19-23(10,13-3)22(9,12-2)17-15-14-16-20(4,5)6/h14-15H,11-13,16-19H2,1-10H3. The van der Waals surface area contributed by atoms with Gasteiger partial charge < -0.3 is 0 Å². The molecule has 0 saturated heterocycles. The van der Waals surface area contributed by atoms with Gasteiger partial charge in [0, 0.05) is 0 Å². The van der Waals surface area contributed by atoms with Crippen molar-refractivity contribution in [2.45, 2.75) is 114 Å². The molecule has 0 spiro atoms. The molecule has 23 heavy (non-hydrogen) atoms.